The Balaban J connectivity index is 2.19. The number of fused-ring (bicyclic) bond motifs is 1. The van der Waals surface area contributed by atoms with E-state index in [-0.39, 0.29) is 0 Å². The molecule has 0 radical (unpaired) electrons. The molecule has 0 amide bonds. The Morgan fingerprint density at radius 2 is 2.18 bits per heavy atom. The van der Waals surface area contributed by atoms with Crippen LogP contribution >= 0.6 is 11.6 Å². The van der Waals surface area contributed by atoms with Crippen molar-refractivity contribution in [2.24, 2.45) is 0 Å². The molecule has 1 saturated carbocycles. The molecule has 88 valence electrons. The number of aromatic nitrogens is 2. The Hall–Kier alpha value is -1.35. The number of benzene rings is 1. The molecule has 2 aromatic rings. The minimum absolute atomic E-state index is 0.321. The second-order valence-electron chi connectivity index (χ2n) is 4.43. The van der Waals surface area contributed by atoms with Crippen LogP contribution < -0.4 is 5.32 Å². The van der Waals surface area contributed by atoms with Crippen LogP contribution in [-0.4, -0.2) is 16.0 Å². The molecule has 0 unspecified atom stereocenters. The molecule has 1 heterocycles. The molecular weight excluding hydrogens is 234 g/mol. The van der Waals surface area contributed by atoms with E-state index in [0.29, 0.717) is 11.3 Å². The number of nitrogens with one attached hydrogen (secondary N) is 1. The van der Waals surface area contributed by atoms with Crippen molar-refractivity contribution in [2.75, 3.05) is 5.32 Å². The minimum atomic E-state index is 0.321. The van der Waals surface area contributed by atoms with Gasteiger partial charge >= 0.3 is 0 Å². The fourth-order valence-electron chi connectivity index (χ4n) is 2.00. The SMILES string of the molecule is CCc1cccc2c(NC3CC3)nc(Cl)nc12. The van der Waals surface area contributed by atoms with Crippen LogP contribution in [0.4, 0.5) is 5.82 Å². The summed E-state index contributed by atoms with van der Waals surface area (Å²) in [7, 11) is 0. The number of anilines is 1. The lowest BCUT2D eigenvalue weighted by Crippen LogP contribution is -2.05. The summed E-state index contributed by atoms with van der Waals surface area (Å²) in [4.78, 5) is 8.65. The summed E-state index contributed by atoms with van der Waals surface area (Å²) in [6, 6.07) is 6.76. The number of hydrogen-bond acceptors (Lipinski definition) is 3. The second-order valence-corrected chi connectivity index (χ2v) is 4.76. The van der Waals surface area contributed by atoms with E-state index in [1.165, 1.54) is 18.4 Å². The third-order valence-corrected chi connectivity index (χ3v) is 3.25. The van der Waals surface area contributed by atoms with Gasteiger partial charge < -0.3 is 5.32 Å². The average Bonchev–Trinajstić information content (AvgIpc) is 3.12. The molecule has 3 nitrogen and oxygen atoms in total. The molecule has 1 aliphatic carbocycles. The first kappa shape index (κ1) is 10.8. The van der Waals surface area contributed by atoms with Gasteiger partial charge in [0.05, 0.1) is 5.52 Å². The van der Waals surface area contributed by atoms with Crippen molar-refractivity contribution in [1.82, 2.24) is 9.97 Å². The minimum Gasteiger partial charge on any atom is -0.367 e. The maximum Gasteiger partial charge on any atom is 0.224 e. The first-order chi connectivity index (χ1) is 8.28. The lowest BCUT2D eigenvalue weighted by atomic mass is 10.1. The van der Waals surface area contributed by atoms with Gasteiger partial charge in [-0.15, -0.1) is 0 Å². The van der Waals surface area contributed by atoms with Crippen LogP contribution in [0.25, 0.3) is 10.9 Å². The van der Waals surface area contributed by atoms with Crippen LogP contribution in [0.3, 0.4) is 0 Å². The standard InChI is InChI=1S/C13H14ClN3/c1-2-8-4-3-5-10-11(8)16-13(14)17-12(10)15-9-6-7-9/h3-5,9H,2,6-7H2,1H3,(H,15,16,17). The second kappa shape index (κ2) is 4.15. The van der Waals surface area contributed by atoms with Gasteiger partial charge in [0.2, 0.25) is 5.28 Å². The van der Waals surface area contributed by atoms with Crippen molar-refractivity contribution in [3.05, 3.63) is 29.0 Å². The van der Waals surface area contributed by atoms with Gasteiger partial charge in [0.1, 0.15) is 5.82 Å². The Kier molecular flexibility index (Phi) is 2.63. The highest BCUT2D eigenvalue weighted by molar-refractivity contribution is 6.28. The number of rotatable bonds is 3. The monoisotopic (exact) mass is 247 g/mol. The molecule has 1 fully saturated rings. The Morgan fingerprint density at radius 1 is 1.35 bits per heavy atom. The summed E-state index contributed by atoms with van der Waals surface area (Å²) in [5.41, 5.74) is 2.18. The summed E-state index contributed by atoms with van der Waals surface area (Å²) in [6.07, 6.45) is 3.39. The molecular formula is C13H14ClN3. The first-order valence-electron chi connectivity index (χ1n) is 5.99. The molecule has 0 atom stereocenters. The molecule has 0 saturated heterocycles. The van der Waals surface area contributed by atoms with Gasteiger partial charge in [-0.2, -0.15) is 0 Å². The van der Waals surface area contributed by atoms with Crippen LogP contribution in [-0.2, 0) is 6.42 Å². The molecule has 1 aromatic heterocycles. The van der Waals surface area contributed by atoms with E-state index in [1.807, 2.05) is 0 Å². The highest BCUT2D eigenvalue weighted by Crippen LogP contribution is 2.30. The number of nitrogens with zero attached hydrogens (tertiary/aromatic N) is 2. The zero-order valence-corrected chi connectivity index (χ0v) is 10.5. The third kappa shape index (κ3) is 2.07. The average molecular weight is 248 g/mol. The summed E-state index contributed by atoms with van der Waals surface area (Å²) in [5.74, 6) is 0.873. The number of halogens is 1. The van der Waals surface area contributed by atoms with Crippen molar-refractivity contribution < 1.29 is 0 Å². The van der Waals surface area contributed by atoms with Crippen LogP contribution in [0.5, 0.6) is 0 Å². The van der Waals surface area contributed by atoms with E-state index in [2.05, 4.69) is 40.4 Å². The van der Waals surface area contributed by atoms with E-state index in [4.69, 9.17) is 11.6 Å². The summed E-state index contributed by atoms with van der Waals surface area (Å²) in [6.45, 7) is 2.12. The quantitative estimate of drug-likeness (QED) is 0.845. The maximum absolute atomic E-state index is 5.99. The van der Waals surface area contributed by atoms with Crippen LogP contribution in [0.2, 0.25) is 5.28 Å². The van der Waals surface area contributed by atoms with Gasteiger partial charge in [-0.3, -0.25) is 0 Å². The molecule has 0 spiro atoms. The molecule has 1 N–H and O–H groups in total. The zero-order chi connectivity index (χ0) is 11.8. The van der Waals surface area contributed by atoms with Gasteiger partial charge in [0, 0.05) is 11.4 Å². The third-order valence-electron chi connectivity index (χ3n) is 3.08. The van der Waals surface area contributed by atoms with Crippen molar-refractivity contribution in [1.29, 1.82) is 0 Å². The number of aryl methyl sites for hydroxylation is 1. The summed E-state index contributed by atoms with van der Waals surface area (Å²) < 4.78 is 0. The van der Waals surface area contributed by atoms with E-state index >= 15 is 0 Å². The van der Waals surface area contributed by atoms with Gasteiger partial charge in [0.15, 0.2) is 0 Å². The lowest BCUT2D eigenvalue weighted by molar-refractivity contribution is 1.09. The molecule has 17 heavy (non-hydrogen) atoms. The van der Waals surface area contributed by atoms with Gasteiger partial charge in [-0.25, -0.2) is 9.97 Å². The highest BCUT2D eigenvalue weighted by atomic mass is 35.5. The maximum atomic E-state index is 5.99. The van der Waals surface area contributed by atoms with Gasteiger partial charge in [0.25, 0.3) is 0 Å². The molecule has 0 bridgehead atoms. The molecule has 3 rings (SSSR count). The predicted molar refractivity (Wildman–Crippen MR) is 70.6 cm³/mol. The molecule has 1 aromatic carbocycles. The van der Waals surface area contributed by atoms with Crippen LogP contribution in [0.15, 0.2) is 18.2 Å². The van der Waals surface area contributed by atoms with E-state index < -0.39 is 0 Å². The first-order valence-corrected chi connectivity index (χ1v) is 6.37. The molecule has 1 aliphatic rings. The van der Waals surface area contributed by atoms with E-state index in [0.717, 1.165) is 23.1 Å². The van der Waals surface area contributed by atoms with Crippen molar-refractivity contribution >= 4 is 28.3 Å². The topological polar surface area (TPSA) is 37.8 Å². The summed E-state index contributed by atoms with van der Waals surface area (Å²) >= 11 is 5.99. The van der Waals surface area contributed by atoms with Crippen LogP contribution in [0.1, 0.15) is 25.3 Å². The van der Waals surface area contributed by atoms with Gasteiger partial charge in [-0.05, 0) is 42.5 Å². The number of para-hydroxylation sites is 1. The highest BCUT2D eigenvalue weighted by Gasteiger charge is 2.22. The molecule has 4 heteroatoms. The lowest BCUT2D eigenvalue weighted by Gasteiger charge is -2.10. The van der Waals surface area contributed by atoms with Crippen molar-refractivity contribution in [3.8, 4) is 0 Å². The predicted octanol–water partition coefficient (Wildman–Crippen LogP) is 3.42. The van der Waals surface area contributed by atoms with Crippen LogP contribution in [0, 0.1) is 0 Å². The van der Waals surface area contributed by atoms with Gasteiger partial charge in [-0.1, -0.05) is 19.1 Å². The molecule has 0 aliphatic heterocycles. The largest absolute Gasteiger partial charge is 0.367 e. The zero-order valence-electron chi connectivity index (χ0n) is 9.70. The summed E-state index contributed by atoms with van der Waals surface area (Å²) in [5, 5.41) is 4.81. The Bertz CT molecular complexity index is 564. The fraction of sp³-hybridized carbons (Fsp3) is 0.385. The van der Waals surface area contributed by atoms with Crippen molar-refractivity contribution in [2.45, 2.75) is 32.2 Å². The smallest absolute Gasteiger partial charge is 0.224 e. The van der Waals surface area contributed by atoms with E-state index in [1.54, 1.807) is 0 Å². The fourth-order valence-corrected chi connectivity index (χ4v) is 2.17. The Labute approximate surface area is 105 Å². The van der Waals surface area contributed by atoms with E-state index in [9.17, 15) is 0 Å². The number of hydrogen-bond donors (Lipinski definition) is 1. The Morgan fingerprint density at radius 3 is 2.88 bits per heavy atom. The normalized spacial score (nSPS) is 15.2. The van der Waals surface area contributed by atoms with Crippen molar-refractivity contribution in [3.63, 3.8) is 0 Å².